The van der Waals surface area contributed by atoms with Crippen molar-refractivity contribution in [3.05, 3.63) is 48.5 Å². The molecule has 104 valence electrons. The normalized spacial score (nSPS) is 9.95. The molecule has 0 aliphatic rings. The molecule has 0 atom stereocenters. The third-order valence-electron chi connectivity index (χ3n) is 2.96. The van der Waals surface area contributed by atoms with Crippen LogP contribution in [0.25, 0.3) is 11.1 Å². The van der Waals surface area contributed by atoms with Crippen molar-refractivity contribution in [1.82, 2.24) is 4.90 Å². The van der Waals surface area contributed by atoms with E-state index < -0.39 is 0 Å². The molecule has 0 bridgehead atoms. The first-order valence-corrected chi connectivity index (χ1v) is 6.33. The second kappa shape index (κ2) is 6.10. The number of hydrogen-bond donors (Lipinski definition) is 1. The number of ether oxygens (including phenoxy) is 1. The lowest BCUT2D eigenvalue weighted by molar-refractivity contribution is 0.230. The van der Waals surface area contributed by atoms with E-state index in [0.717, 1.165) is 16.8 Å². The first-order chi connectivity index (χ1) is 9.61. The van der Waals surface area contributed by atoms with E-state index in [-0.39, 0.29) is 6.03 Å². The number of carbonyl (C=O) groups is 1. The van der Waals surface area contributed by atoms with Gasteiger partial charge in [0.1, 0.15) is 5.75 Å². The van der Waals surface area contributed by atoms with E-state index in [4.69, 9.17) is 4.74 Å². The van der Waals surface area contributed by atoms with Gasteiger partial charge in [-0.2, -0.15) is 0 Å². The van der Waals surface area contributed by atoms with Crippen molar-refractivity contribution < 1.29 is 9.53 Å². The van der Waals surface area contributed by atoms with Crippen LogP contribution in [-0.4, -0.2) is 32.1 Å². The van der Waals surface area contributed by atoms with E-state index in [0.29, 0.717) is 5.75 Å². The van der Waals surface area contributed by atoms with Crippen LogP contribution in [0.1, 0.15) is 0 Å². The monoisotopic (exact) mass is 270 g/mol. The summed E-state index contributed by atoms with van der Waals surface area (Å²) in [5, 5.41) is 2.89. The standard InChI is InChI=1S/C16H18N2O2/c1-18(2)16(19)17-15-11-13(20-3)9-10-14(15)12-7-5-4-6-8-12/h4-11H,1-3H3,(H,17,19). The largest absolute Gasteiger partial charge is 0.497 e. The van der Waals surface area contributed by atoms with Gasteiger partial charge in [0.15, 0.2) is 0 Å². The molecular weight excluding hydrogens is 252 g/mol. The van der Waals surface area contributed by atoms with Crippen LogP contribution in [0.5, 0.6) is 5.75 Å². The number of rotatable bonds is 3. The fourth-order valence-electron chi connectivity index (χ4n) is 1.85. The van der Waals surface area contributed by atoms with Crippen molar-refractivity contribution in [2.45, 2.75) is 0 Å². The van der Waals surface area contributed by atoms with Gasteiger partial charge in [0.05, 0.1) is 12.8 Å². The summed E-state index contributed by atoms with van der Waals surface area (Å²) in [5.41, 5.74) is 2.74. The molecule has 4 nitrogen and oxygen atoms in total. The molecule has 0 aromatic heterocycles. The fraction of sp³-hybridized carbons (Fsp3) is 0.188. The molecule has 0 radical (unpaired) electrons. The molecule has 2 aromatic rings. The molecule has 0 aliphatic heterocycles. The van der Waals surface area contributed by atoms with Crippen LogP contribution in [0.3, 0.4) is 0 Å². The number of amides is 2. The van der Waals surface area contributed by atoms with Gasteiger partial charge in [-0.15, -0.1) is 0 Å². The quantitative estimate of drug-likeness (QED) is 0.928. The number of benzene rings is 2. The zero-order chi connectivity index (χ0) is 14.5. The van der Waals surface area contributed by atoms with Crippen LogP contribution in [0.2, 0.25) is 0 Å². The molecule has 0 aliphatic carbocycles. The zero-order valence-corrected chi connectivity index (χ0v) is 11.9. The molecule has 4 heteroatoms. The zero-order valence-electron chi connectivity index (χ0n) is 11.9. The molecule has 1 N–H and O–H groups in total. The van der Waals surface area contributed by atoms with Gasteiger partial charge in [-0.3, -0.25) is 0 Å². The predicted molar refractivity (Wildman–Crippen MR) is 81.1 cm³/mol. The van der Waals surface area contributed by atoms with Crippen molar-refractivity contribution in [2.75, 3.05) is 26.5 Å². The summed E-state index contributed by atoms with van der Waals surface area (Å²) in [6.45, 7) is 0. The van der Waals surface area contributed by atoms with Gasteiger partial charge in [-0.25, -0.2) is 4.79 Å². The van der Waals surface area contributed by atoms with Gasteiger partial charge in [-0.05, 0) is 17.7 Å². The summed E-state index contributed by atoms with van der Waals surface area (Å²) >= 11 is 0. The summed E-state index contributed by atoms with van der Waals surface area (Å²) in [4.78, 5) is 13.4. The molecule has 2 amide bonds. The molecule has 0 heterocycles. The van der Waals surface area contributed by atoms with Crippen molar-refractivity contribution in [2.24, 2.45) is 0 Å². The van der Waals surface area contributed by atoms with Gasteiger partial charge in [0.25, 0.3) is 0 Å². The van der Waals surface area contributed by atoms with E-state index in [9.17, 15) is 4.79 Å². The van der Waals surface area contributed by atoms with Crippen LogP contribution in [0.4, 0.5) is 10.5 Å². The highest BCUT2D eigenvalue weighted by Crippen LogP contribution is 2.31. The summed E-state index contributed by atoms with van der Waals surface area (Å²) in [5.74, 6) is 0.707. The average molecular weight is 270 g/mol. The molecule has 2 rings (SSSR count). The van der Waals surface area contributed by atoms with Gasteiger partial charge in [0.2, 0.25) is 0 Å². The Balaban J connectivity index is 2.43. The SMILES string of the molecule is COc1ccc(-c2ccccc2)c(NC(=O)N(C)C)c1. The van der Waals surface area contributed by atoms with E-state index in [1.165, 1.54) is 4.90 Å². The molecule has 0 saturated heterocycles. The number of nitrogens with zero attached hydrogens (tertiary/aromatic N) is 1. The highest BCUT2D eigenvalue weighted by atomic mass is 16.5. The predicted octanol–water partition coefficient (Wildman–Crippen LogP) is 3.46. The summed E-state index contributed by atoms with van der Waals surface area (Å²) in [6.07, 6.45) is 0. The highest BCUT2D eigenvalue weighted by molar-refractivity contribution is 5.94. The average Bonchev–Trinajstić information content (AvgIpc) is 2.48. The smallest absolute Gasteiger partial charge is 0.321 e. The number of methoxy groups -OCH3 is 1. The minimum Gasteiger partial charge on any atom is -0.497 e. The lowest BCUT2D eigenvalue weighted by atomic mass is 10.0. The second-order valence-electron chi connectivity index (χ2n) is 4.60. The maximum Gasteiger partial charge on any atom is 0.321 e. The Kier molecular flexibility index (Phi) is 4.25. The number of anilines is 1. The number of hydrogen-bond acceptors (Lipinski definition) is 2. The van der Waals surface area contributed by atoms with Crippen molar-refractivity contribution in [3.8, 4) is 16.9 Å². The van der Waals surface area contributed by atoms with E-state index >= 15 is 0 Å². The number of nitrogens with one attached hydrogen (secondary N) is 1. The molecular formula is C16H18N2O2. The minimum atomic E-state index is -0.171. The summed E-state index contributed by atoms with van der Waals surface area (Å²) in [6, 6.07) is 15.4. The Morgan fingerprint density at radius 1 is 1.10 bits per heavy atom. The van der Waals surface area contributed by atoms with Crippen molar-refractivity contribution in [1.29, 1.82) is 0 Å². The first-order valence-electron chi connectivity index (χ1n) is 6.33. The van der Waals surface area contributed by atoms with E-state index in [1.807, 2.05) is 48.5 Å². The Bertz CT molecular complexity index is 595. The Hall–Kier alpha value is -2.49. The van der Waals surface area contributed by atoms with Crippen molar-refractivity contribution >= 4 is 11.7 Å². The fourth-order valence-corrected chi connectivity index (χ4v) is 1.85. The van der Waals surface area contributed by atoms with Crippen LogP contribution in [-0.2, 0) is 0 Å². The lowest BCUT2D eigenvalue weighted by Crippen LogP contribution is -2.27. The highest BCUT2D eigenvalue weighted by Gasteiger charge is 2.11. The lowest BCUT2D eigenvalue weighted by Gasteiger charge is -2.16. The van der Waals surface area contributed by atoms with Gasteiger partial charge in [-0.1, -0.05) is 30.3 Å². The van der Waals surface area contributed by atoms with Crippen molar-refractivity contribution in [3.63, 3.8) is 0 Å². The molecule has 2 aromatic carbocycles. The van der Waals surface area contributed by atoms with Crippen LogP contribution < -0.4 is 10.1 Å². The first kappa shape index (κ1) is 13.9. The maximum atomic E-state index is 11.9. The molecule has 0 spiro atoms. The van der Waals surface area contributed by atoms with Gasteiger partial charge < -0.3 is 15.0 Å². The Labute approximate surface area is 119 Å². The molecule has 0 unspecified atom stereocenters. The second-order valence-corrected chi connectivity index (χ2v) is 4.60. The maximum absolute atomic E-state index is 11.9. The molecule has 0 saturated carbocycles. The van der Waals surface area contributed by atoms with Gasteiger partial charge in [0, 0.05) is 25.7 Å². The van der Waals surface area contributed by atoms with E-state index in [2.05, 4.69) is 5.32 Å². The topological polar surface area (TPSA) is 41.6 Å². The molecule has 0 fully saturated rings. The minimum absolute atomic E-state index is 0.171. The van der Waals surface area contributed by atoms with Crippen LogP contribution in [0, 0.1) is 0 Å². The number of urea groups is 1. The third-order valence-corrected chi connectivity index (χ3v) is 2.96. The third kappa shape index (κ3) is 3.09. The van der Waals surface area contributed by atoms with Crippen LogP contribution >= 0.6 is 0 Å². The van der Waals surface area contributed by atoms with E-state index in [1.54, 1.807) is 21.2 Å². The summed E-state index contributed by atoms with van der Waals surface area (Å²) < 4.78 is 5.22. The summed E-state index contributed by atoms with van der Waals surface area (Å²) in [7, 11) is 5.02. The Morgan fingerprint density at radius 2 is 1.80 bits per heavy atom. The number of carbonyl (C=O) groups excluding carboxylic acids is 1. The van der Waals surface area contributed by atoms with Crippen LogP contribution in [0.15, 0.2) is 48.5 Å². The molecule has 20 heavy (non-hydrogen) atoms. The van der Waals surface area contributed by atoms with Gasteiger partial charge >= 0.3 is 6.03 Å². The Morgan fingerprint density at radius 3 is 2.40 bits per heavy atom.